The molecule has 1 amide bonds. The van der Waals surface area contributed by atoms with Crippen LogP contribution in [0.2, 0.25) is 0 Å². The Balaban J connectivity index is 1.66. The molecule has 0 saturated carbocycles. The first-order chi connectivity index (χ1) is 11.1. The predicted octanol–water partition coefficient (Wildman–Crippen LogP) is -0.479. The maximum atomic E-state index is 12.9. The van der Waals surface area contributed by atoms with Crippen molar-refractivity contribution in [3.05, 3.63) is 18.2 Å². The maximum absolute atomic E-state index is 12.9. The Morgan fingerprint density at radius 1 is 1.22 bits per heavy atom. The van der Waals surface area contributed by atoms with Gasteiger partial charge in [-0.25, -0.2) is 4.98 Å². The molecule has 2 aliphatic heterocycles. The topological polar surface area (TPSA) is 64.8 Å². The predicted molar refractivity (Wildman–Crippen MR) is 86.7 cm³/mol. The highest BCUT2D eigenvalue weighted by Crippen LogP contribution is 2.33. The van der Waals surface area contributed by atoms with Gasteiger partial charge in [0.1, 0.15) is 5.54 Å². The number of amides is 1. The van der Waals surface area contributed by atoms with Crippen molar-refractivity contribution >= 4 is 5.91 Å². The molecule has 3 rings (SSSR count). The lowest BCUT2D eigenvalue weighted by atomic mass is 9.82. The first kappa shape index (κ1) is 16.4. The third kappa shape index (κ3) is 3.00. The number of aliphatic hydroxyl groups is 1. The lowest BCUT2D eigenvalue weighted by Crippen LogP contribution is -2.67. The van der Waals surface area contributed by atoms with Crippen LogP contribution in [0.5, 0.6) is 0 Å². The van der Waals surface area contributed by atoms with Crippen molar-refractivity contribution in [2.75, 3.05) is 46.4 Å². The second kappa shape index (κ2) is 6.59. The summed E-state index contributed by atoms with van der Waals surface area (Å²) in [5.74, 6) is 0.195. The molecule has 1 aromatic heterocycles. The van der Waals surface area contributed by atoms with Crippen LogP contribution >= 0.6 is 0 Å². The quantitative estimate of drug-likeness (QED) is 0.812. The van der Waals surface area contributed by atoms with E-state index in [4.69, 9.17) is 0 Å². The fraction of sp³-hybridized carbons (Fsp3) is 0.750. The molecule has 1 aromatic rings. The van der Waals surface area contributed by atoms with Crippen molar-refractivity contribution in [3.63, 3.8) is 0 Å². The average molecular weight is 321 g/mol. The van der Waals surface area contributed by atoms with Gasteiger partial charge in [-0.1, -0.05) is 0 Å². The number of hydrogen-bond acceptors (Lipinski definition) is 5. The van der Waals surface area contributed by atoms with Gasteiger partial charge in [-0.15, -0.1) is 0 Å². The Morgan fingerprint density at radius 3 is 2.57 bits per heavy atom. The van der Waals surface area contributed by atoms with Crippen molar-refractivity contribution in [1.29, 1.82) is 0 Å². The van der Waals surface area contributed by atoms with Gasteiger partial charge in [-0.05, 0) is 19.9 Å². The van der Waals surface area contributed by atoms with Gasteiger partial charge in [0.25, 0.3) is 0 Å². The number of imidazole rings is 1. The van der Waals surface area contributed by atoms with Crippen LogP contribution in [0.1, 0.15) is 18.5 Å². The molecule has 7 heteroatoms. The molecule has 7 nitrogen and oxygen atoms in total. The van der Waals surface area contributed by atoms with Crippen molar-refractivity contribution in [2.24, 2.45) is 7.05 Å². The number of aryl methyl sites for hydroxylation is 1. The van der Waals surface area contributed by atoms with Gasteiger partial charge in [-0.2, -0.15) is 0 Å². The Morgan fingerprint density at radius 2 is 1.96 bits per heavy atom. The smallest absolute Gasteiger partial charge is 0.243 e. The fourth-order valence-corrected chi connectivity index (χ4v) is 3.82. The van der Waals surface area contributed by atoms with E-state index in [1.165, 1.54) is 5.69 Å². The van der Waals surface area contributed by atoms with Gasteiger partial charge in [-0.3, -0.25) is 14.6 Å². The van der Waals surface area contributed by atoms with Gasteiger partial charge in [0, 0.05) is 52.5 Å². The number of aliphatic hydroxyl groups excluding tert-OH is 1. The minimum atomic E-state index is -0.379. The number of piperazine rings is 1. The van der Waals surface area contributed by atoms with E-state index in [1.54, 1.807) is 0 Å². The maximum Gasteiger partial charge on any atom is 0.243 e. The van der Waals surface area contributed by atoms with Crippen molar-refractivity contribution in [3.8, 4) is 0 Å². The van der Waals surface area contributed by atoms with Crippen LogP contribution in [0.15, 0.2) is 12.5 Å². The van der Waals surface area contributed by atoms with Crippen LogP contribution in [-0.2, 0) is 18.4 Å². The Kier molecular flexibility index (Phi) is 4.70. The zero-order valence-electron chi connectivity index (χ0n) is 14.1. The molecular formula is C16H27N5O2. The number of nitrogens with zero attached hydrogens (tertiary/aromatic N) is 5. The van der Waals surface area contributed by atoms with Crippen LogP contribution < -0.4 is 0 Å². The third-order valence-electron chi connectivity index (χ3n) is 5.48. The second-order valence-electron chi connectivity index (χ2n) is 6.74. The summed E-state index contributed by atoms with van der Waals surface area (Å²) < 4.78 is 2.05. The number of piperidine rings is 1. The zero-order valence-corrected chi connectivity index (χ0v) is 14.1. The van der Waals surface area contributed by atoms with Crippen LogP contribution in [0.4, 0.5) is 0 Å². The average Bonchev–Trinajstić information content (AvgIpc) is 2.95. The standard InChI is InChI=1S/C16H27N5O2/c1-18-13-17-11-14(18)12-20-5-3-16(4-6-20)15(23)21(9-10-22)8-7-19(16)2/h11,13,22H,3-10,12H2,1-2H3. The monoisotopic (exact) mass is 321 g/mol. The van der Waals surface area contributed by atoms with Gasteiger partial charge in [0.15, 0.2) is 0 Å². The third-order valence-corrected chi connectivity index (χ3v) is 5.48. The molecular weight excluding hydrogens is 294 g/mol. The number of hydrogen-bond donors (Lipinski definition) is 1. The van der Waals surface area contributed by atoms with Crippen LogP contribution in [-0.4, -0.2) is 87.2 Å². The van der Waals surface area contributed by atoms with Gasteiger partial charge < -0.3 is 14.6 Å². The summed E-state index contributed by atoms with van der Waals surface area (Å²) in [6.45, 7) is 4.79. The summed E-state index contributed by atoms with van der Waals surface area (Å²) >= 11 is 0. The molecule has 0 radical (unpaired) electrons. The second-order valence-corrected chi connectivity index (χ2v) is 6.74. The molecule has 0 aliphatic carbocycles. The van der Waals surface area contributed by atoms with E-state index in [2.05, 4.69) is 21.8 Å². The van der Waals surface area contributed by atoms with E-state index in [1.807, 2.05) is 29.0 Å². The lowest BCUT2D eigenvalue weighted by molar-refractivity contribution is -0.154. The number of carbonyl (C=O) groups excluding carboxylic acids is 1. The molecule has 0 aromatic carbocycles. The van der Waals surface area contributed by atoms with E-state index in [9.17, 15) is 9.90 Å². The normalized spacial score (nSPS) is 22.9. The minimum absolute atomic E-state index is 0.0398. The summed E-state index contributed by atoms with van der Waals surface area (Å²) in [7, 11) is 4.07. The van der Waals surface area contributed by atoms with Crippen molar-refractivity contribution in [2.45, 2.75) is 24.9 Å². The summed E-state index contributed by atoms with van der Waals surface area (Å²) in [6.07, 6.45) is 5.43. The highest BCUT2D eigenvalue weighted by molar-refractivity contribution is 5.87. The molecule has 2 saturated heterocycles. The molecule has 2 fully saturated rings. The lowest BCUT2D eigenvalue weighted by Gasteiger charge is -2.51. The summed E-state index contributed by atoms with van der Waals surface area (Å²) in [4.78, 5) is 23.5. The number of rotatable bonds is 4. The summed E-state index contributed by atoms with van der Waals surface area (Å²) in [5.41, 5.74) is 0.822. The minimum Gasteiger partial charge on any atom is -0.395 e. The summed E-state index contributed by atoms with van der Waals surface area (Å²) in [6, 6.07) is 0. The first-order valence-corrected chi connectivity index (χ1v) is 8.36. The van der Waals surface area contributed by atoms with E-state index in [-0.39, 0.29) is 18.1 Å². The fourth-order valence-electron chi connectivity index (χ4n) is 3.82. The highest BCUT2D eigenvalue weighted by atomic mass is 16.3. The molecule has 1 spiro atoms. The van der Waals surface area contributed by atoms with Gasteiger partial charge >= 0.3 is 0 Å². The molecule has 1 N–H and O–H groups in total. The first-order valence-electron chi connectivity index (χ1n) is 8.36. The van der Waals surface area contributed by atoms with E-state index < -0.39 is 0 Å². The SMILES string of the molecule is CN1CCN(CCO)C(=O)C12CCN(Cc1cncn1C)CC2. The molecule has 2 aliphatic rings. The molecule has 128 valence electrons. The summed E-state index contributed by atoms with van der Waals surface area (Å²) in [5, 5.41) is 9.18. The Labute approximate surface area is 137 Å². The van der Waals surface area contributed by atoms with Crippen molar-refractivity contribution in [1.82, 2.24) is 24.3 Å². The van der Waals surface area contributed by atoms with Crippen LogP contribution in [0.25, 0.3) is 0 Å². The number of β-amino-alcohol motifs (C(OH)–C–C–N with tert-alkyl or cyclic N) is 1. The highest BCUT2D eigenvalue weighted by Gasteiger charge is 2.48. The number of likely N-dealkylation sites (N-methyl/N-ethyl adjacent to an activating group) is 1. The van der Waals surface area contributed by atoms with Crippen LogP contribution in [0, 0.1) is 0 Å². The largest absolute Gasteiger partial charge is 0.395 e. The number of likely N-dealkylation sites (tertiary alicyclic amines) is 1. The van der Waals surface area contributed by atoms with Crippen molar-refractivity contribution < 1.29 is 9.90 Å². The zero-order chi connectivity index (χ0) is 16.4. The van der Waals surface area contributed by atoms with E-state index in [0.717, 1.165) is 45.6 Å². The van der Waals surface area contributed by atoms with E-state index in [0.29, 0.717) is 6.54 Å². The number of carbonyl (C=O) groups is 1. The Hall–Kier alpha value is -1.44. The molecule has 3 heterocycles. The molecule has 0 bridgehead atoms. The van der Waals surface area contributed by atoms with Gasteiger partial charge in [0.2, 0.25) is 5.91 Å². The van der Waals surface area contributed by atoms with Gasteiger partial charge in [0.05, 0.1) is 18.6 Å². The molecule has 23 heavy (non-hydrogen) atoms. The molecule has 0 atom stereocenters. The van der Waals surface area contributed by atoms with E-state index >= 15 is 0 Å². The molecule has 0 unspecified atom stereocenters. The van der Waals surface area contributed by atoms with Crippen LogP contribution in [0.3, 0.4) is 0 Å². The Bertz CT molecular complexity index is 550. The number of aromatic nitrogens is 2.